The van der Waals surface area contributed by atoms with Crippen LogP contribution in [0.25, 0.3) is 0 Å². The number of carbonyl (C=O) groups is 1. The lowest BCUT2D eigenvalue weighted by atomic mass is 10.2. The van der Waals surface area contributed by atoms with E-state index in [1.165, 1.54) is 12.1 Å². The number of benzene rings is 1. The Morgan fingerprint density at radius 2 is 2.31 bits per heavy atom. The van der Waals surface area contributed by atoms with Crippen LogP contribution in [0.2, 0.25) is 5.02 Å². The number of ether oxygens (including phenoxy) is 1. The van der Waals surface area contributed by atoms with Gasteiger partial charge in [-0.1, -0.05) is 11.6 Å². The highest BCUT2D eigenvalue weighted by Crippen LogP contribution is 2.19. The Morgan fingerprint density at radius 1 is 1.56 bits per heavy atom. The van der Waals surface area contributed by atoms with Gasteiger partial charge in [-0.15, -0.1) is 0 Å². The summed E-state index contributed by atoms with van der Waals surface area (Å²) in [5.41, 5.74) is 6.27. The zero-order valence-corrected chi connectivity index (χ0v) is 9.33. The molecular formula is C11H11ClN2O2. The first kappa shape index (κ1) is 12.3. The van der Waals surface area contributed by atoms with Crippen LogP contribution in [0.15, 0.2) is 18.2 Å². The van der Waals surface area contributed by atoms with E-state index in [4.69, 9.17) is 27.3 Å². The number of hydrogen-bond acceptors (Lipinski definition) is 4. The maximum absolute atomic E-state index is 11.5. The number of anilines is 1. The van der Waals surface area contributed by atoms with Crippen LogP contribution in [0.5, 0.6) is 0 Å². The summed E-state index contributed by atoms with van der Waals surface area (Å²) in [5, 5.41) is 8.57. The number of nitrogen functional groups attached to an aromatic ring is 1. The molecule has 84 valence electrons. The Labute approximate surface area is 98.6 Å². The molecule has 0 amide bonds. The molecule has 0 bridgehead atoms. The van der Waals surface area contributed by atoms with Gasteiger partial charge in [0.1, 0.15) is 0 Å². The molecular weight excluding hydrogens is 228 g/mol. The largest absolute Gasteiger partial charge is 0.462 e. The van der Waals surface area contributed by atoms with E-state index in [9.17, 15) is 4.79 Å². The van der Waals surface area contributed by atoms with Gasteiger partial charge in [-0.2, -0.15) is 5.26 Å². The minimum atomic E-state index is -0.497. The lowest BCUT2D eigenvalue weighted by Gasteiger charge is -2.05. The SMILES string of the molecule is N#CCCCOC(=O)c1ccc(N)cc1Cl. The van der Waals surface area contributed by atoms with Crippen molar-refractivity contribution in [2.24, 2.45) is 0 Å². The summed E-state index contributed by atoms with van der Waals surface area (Å²) in [6.45, 7) is 0.215. The molecule has 0 aromatic heterocycles. The number of carbonyl (C=O) groups excluding carboxylic acids is 1. The highest BCUT2D eigenvalue weighted by atomic mass is 35.5. The quantitative estimate of drug-likeness (QED) is 0.496. The fourth-order valence-corrected chi connectivity index (χ4v) is 1.36. The Bertz CT molecular complexity index is 426. The predicted molar refractivity (Wildman–Crippen MR) is 61.0 cm³/mol. The van der Waals surface area contributed by atoms with Crippen molar-refractivity contribution in [2.45, 2.75) is 12.8 Å². The molecule has 0 atom stereocenters. The molecule has 0 heterocycles. The van der Waals surface area contributed by atoms with E-state index in [2.05, 4.69) is 0 Å². The minimum absolute atomic E-state index is 0.215. The van der Waals surface area contributed by atoms with Crippen LogP contribution in [0.4, 0.5) is 5.69 Å². The summed E-state index contributed by atoms with van der Waals surface area (Å²) >= 11 is 5.83. The normalized spacial score (nSPS) is 9.50. The molecule has 1 rings (SSSR count). The van der Waals surface area contributed by atoms with Gasteiger partial charge in [0, 0.05) is 12.1 Å². The van der Waals surface area contributed by atoms with Gasteiger partial charge in [-0.25, -0.2) is 4.79 Å². The zero-order chi connectivity index (χ0) is 12.0. The number of unbranched alkanes of at least 4 members (excludes halogenated alkanes) is 1. The molecule has 4 nitrogen and oxygen atoms in total. The van der Waals surface area contributed by atoms with E-state index in [0.29, 0.717) is 18.5 Å². The lowest BCUT2D eigenvalue weighted by Crippen LogP contribution is -2.07. The number of rotatable bonds is 4. The maximum atomic E-state index is 11.5. The van der Waals surface area contributed by atoms with Crippen LogP contribution in [0, 0.1) is 11.3 Å². The van der Waals surface area contributed by atoms with Crippen molar-refractivity contribution in [2.75, 3.05) is 12.3 Å². The summed E-state index contributed by atoms with van der Waals surface area (Å²) in [5.74, 6) is -0.497. The summed E-state index contributed by atoms with van der Waals surface area (Å²) in [6, 6.07) is 6.56. The van der Waals surface area contributed by atoms with E-state index in [1.807, 2.05) is 6.07 Å². The molecule has 0 aliphatic rings. The third-order valence-electron chi connectivity index (χ3n) is 1.88. The second-order valence-corrected chi connectivity index (χ2v) is 3.54. The second kappa shape index (κ2) is 5.99. The average Bonchev–Trinajstić information content (AvgIpc) is 2.24. The molecule has 2 N–H and O–H groups in total. The fourth-order valence-electron chi connectivity index (χ4n) is 1.09. The lowest BCUT2D eigenvalue weighted by molar-refractivity contribution is 0.0502. The van der Waals surface area contributed by atoms with Crippen LogP contribution >= 0.6 is 11.6 Å². The topological polar surface area (TPSA) is 76.1 Å². The summed E-state index contributed by atoms with van der Waals surface area (Å²) in [4.78, 5) is 11.5. The van der Waals surface area contributed by atoms with E-state index in [-0.39, 0.29) is 17.2 Å². The summed E-state index contributed by atoms with van der Waals surface area (Å²) in [6.07, 6.45) is 0.886. The highest BCUT2D eigenvalue weighted by molar-refractivity contribution is 6.33. The first-order valence-electron chi connectivity index (χ1n) is 4.74. The van der Waals surface area contributed by atoms with Gasteiger partial charge in [0.25, 0.3) is 0 Å². The first-order valence-corrected chi connectivity index (χ1v) is 5.12. The van der Waals surface area contributed by atoms with Gasteiger partial charge in [0.15, 0.2) is 0 Å². The monoisotopic (exact) mass is 238 g/mol. The number of nitrogens with two attached hydrogens (primary N) is 1. The Hall–Kier alpha value is -1.73. The van der Waals surface area contributed by atoms with Crippen molar-refractivity contribution < 1.29 is 9.53 Å². The molecule has 1 aromatic rings. The smallest absolute Gasteiger partial charge is 0.339 e. The Kier molecular flexibility index (Phi) is 4.62. The first-order chi connectivity index (χ1) is 7.65. The molecule has 0 radical (unpaired) electrons. The highest BCUT2D eigenvalue weighted by Gasteiger charge is 2.11. The molecule has 0 spiro atoms. The third kappa shape index (κ3) is 3.44. The third-order valence-corrected chi connectivity index (χ3v) is 2.19. The van der Waals surface area contributed by atoms with Crippen molar-refractivity contribution in [3.05, 3.63) is 28.8 Å². The minimum Gasteiger partial charge on any atom is -0.462 e. The van der Waals surface area contributed by atoms with Crippen molar-refractivity contribution >= 4 is 23.3 Å². The molecule has 0 aliphatic carbocycles. The van der Waals surface area contributed by atoms with Crippen LogP contribution in [0.3, 0.4) is 0 Å². The number of esters is 1. The molecule has 0 fully saturated rings. The van der Waals surface area contributed by atoms with Gasteiger partial charge >= 0.3 is 5.97 Å². The molecule has 0 saturated carbocycles. The average molecular weight is 239 g/mol. The second-order valence-electron chi connectivity index (χ2n) is 3.14. The molecule has 0 aliphatic heterocycles. The van der Waals surface area contributed by atoms with E-state index < -0.39 is 5.97 Å². The van der Waals surface area contributed by atoms with E-state index in [1.54, 1.807) is 6.07 Å². The van der Waals surface area contributed by atoms with Crippen molar-refractivity contribution in [3.8, 4) is 6.07 Å². The molecule has 1 aromatic carbocycles. The maximum Gasteiger partial charge on any atom is 0.339 e. The Balaban J connectivity index is 2.57. The molecule has 0 saturated heterocycles. The number of nitriles is 1. The number of nitrogens with zero attached hydrogens (tertiary/aromatic N) is 1. The fraction of sp³-hybridized carbons (Fsp3) is 0.273. The van der Waals surface area contributed by atoms with Crippen molar-refractivity contribution in [1.82, 2.24) is 0 Å². The number of halogens is 1. The summed E-state index contributed by atoms with van der Waals surface area (Å²) in [7, 11) is 0. The van der Waals surface area contributed by atoms with E-state index >= 15 is 0 Å². The van der Waals surface area contributed by atoms with Crippen LogP contribution < -0.4 is 5.73 Å². The van der Waals surface area contributed by atoms with Gasteiger partial charge in [0.05, 0.1) is 23.3 Å². The standard InChI is InChI=1S/C11H11ClN2O2/c12-10-7-8(14)3-4-9(10)11(15)16-6-2-1-5-13/h3-4,7H,1-2,6,14H2. The zero-order valence-electron chi connectivity index (χ0n) is 8.57. The van der Waals surface area contributed by atoms with Gasteiger partial charge in [-0.3, -0.25) is 0 Å². The Morgan fingerprint density at radius 3 is 2.94 bits per heavy atom. The van der Waals surface area contributed by atoms with Crippen LogP contribution in [0.1, 0.15) is 23.2 Å². The molecule has 0 unspecified atom stereocenters. The van der Waals surface area contributed by atoms with Crippen molar-refractivity contribution in [3.63, 3.8) is 0 Å². The van der Waals surface area contributed by atoms with Gasteiger partial charge < -0.3 is 10.5 Å². The van der Waals surface area contributed by atoms with Crippen molar-refractivity contribution in [1.29, 1.82) is 5.26 Å². The molecule has 16 heavy (non-hydrogen) atoms. The molecule has 5 heteroatoms. The number of hydrogen-bond donors (Lipinski definition) is 1. The van der Waals surface area contributed by atoms with E-state index in [0.717, 1.165) is 0 Å². The predicted octanol–water partition coefficient (Wildman–Crippen LogP) is 2.38. The van der Waals surface area contributed by atoms with Gasteiger partial charge in [0.2, 0.25) is 0 Å². The van der Waals surface area contributed by atoms with Crippen LogP contribution in [-0.4, -0.2) is 12.6 Å². The summed E-state index contributed by atoms with van der Waals surface area (Å²) < 4.78 is 4.94. The van der Waals surface area contributed by atoms with Gasteiger partial charge in [-0.05, 0) is 24.6 Å². The van der Waals surface area contributed by atoms with Crippen LogP contribution in [-0.2, 0) is 4.74 Å².